The van der Waals surface area contributed by atoms with Crippen LogP contribution in [-0.4, -0.2) is 19.1 Å². The van der Waals surface area contributed by atoms with Crippen LogP contribution in [-0.2, 0) is 11.3 Å². The van der Waals surface area contributed by atoms with Crippen molar-refractivity contribution in [3.8, 4) is 5.75 Å². The molecular weight excluding hydrogens is 300 g/mol. The second kappa shape index (κ2) is 9.01. The zero-order valence-corrected chi connectivity index (χ0v) is 14.2. The smallest absolute Gasteiger partial charge is 0.223 e. The van der Waals surface area contributed by atoms with Crippen molar-refractivity contribution in [2.24, 2.45) is 17.6 Å². The summed E-state index contributed by atoms with van der Waals surface area (Å²) in [6, 6.07) is 6.08. The highest BCUT2D eigenvalue weighted by atomic mass is 35.5. The second-order valence-corrected chi connectivity index (χ2v) is 5.80. The van der Waals surface area contributed by atoms with E-state index in [0.29, 0.717) is 25.6 Å². The van der Waals surface area contributed by atoms with Crippen molar-refractivity contribution in [3.05, 3.63) is 29.3 Å². The molecule has 22 heavy (non-hydrogen) atoms. The number of aryl methyl sites for hydroxylation is 1. The van der Waals surface area contributed by atoms with E-state index < -0.39 is 0 Å². The first-order valence-electron chi connectivity index (χ1n) is 7.85. The number of nitrogens with one attached hydrogen (secondary N) is 1. The average molecular weight is 327 g/mol. The van der Waals surface area contributed by atoms with Gasteiger partial charge in [-0.25, -0.2) is 0 Å². The van der Waals surface area contributed by atoms with Gasteiger partial charge in [-0.1, -0.05) is 18.6 Å². The summed E-state index contributed by atoms with van der Waals surface area (Å²) in [5.41, 5.74) is 7.94. The molecule has 124 valence electrons. The molecule has 0 radical (unpaired) electrons. The van der Waals surface area contributed by atoms with E-state index in [1.165, 1.54) is 0 Å². The van der Waals surface area contributed by atoms with E-state index in [2.05, 4.69) is 5.32 Å². The normalized spacial score (nSPS) is 20.3. The van der Waals surface area contributed by atoms with E-state index in [1.807, 2.05) is 32.0 Å². The van der Waals surface area contributed by atoms with Crippen LogP contribution >= 0.6 is 12.4 Å². The summed E-state index contributed by atoms with van der Waals surface area (Å²) >= 11 is 0. The molecule has 0 heterocycles. The zero-order chi connectivity index (χ0) is 15.2. The van der Waals surface area contributed by atoms with Crippen molar-refractivity contribution >= 4 is 18.3 Å². The largest absolute Gasteiger partial charge is 0.494 e. The average Bonchev–Trinajstić information content (AvgIpc) is 2.95. The van der Waals surface area contributed by atoms with Gasteiger partial charge in [-0.15, -0.1) is 12.4 Å². The Balaban J connectivity index is 0.00000242. The van der Waals surface area contributed by atoms with Gasteiger partial charge < -0.3 is 15.8 Å². The SMILES string of the molecule is CCOc1cc(C)ccc1CNC(=O)[C@@H]1CCC[C@@H]1CN.Cl. The Kier molecular flexibility index (Phi) is 7.69. The van der Waals surface area contributed by atoms with Gasteiger partial charge in [0.05, 0.1) is 6.61 Å². The summed E-state index contributed by atoms with van der Waals surface area (Å²) in [6.07, 6.45) is 3.14. The maximum Gasteiger partial charge on any atom is 0.223 e. The molecule has 0 unspecified atom stereocenters. The second-order valence-electron chi connectivity index (χ2n) is 5.80. The molecule has 1 saturated carbocycles. The van der Waals surface area contributed by atoms with Gasteiger partial charge >= 0.3 is 0 Å². The Hall–Kier alpha value is -1.26. The molecule has 1 aliphatic rings. The third-order valence-corrected chi connectivity index (χ3v) is 4.27. The topological polar surface area (TPSA) is 64.3 Å². The van der Waals surface area contributed by atoms with Crippen molar-refractivity contribution in [2.45, 2.75) is 39.7 Å². The first kappa shape index (κ1) is 18.8. The van der Waals surface area contributed by atoms with E-state index in [1.54, 1.807) is 0 Å². The van der Waals surface area contributed by atoms with E-state index in [0.717, 1.165) is 36.1 Å². The number of halogens is 1. The maximum atomic E-state index is 12.3. The van der Waals surface area contributed by atoms with Crippen LogP contribution in [0.1, 0.15) is 37.3 Å². The van der Waals surface area contributed by atoms with Gasteiger partial charge in [-0.3, -0.25) is 4.79 Å². The highest BCUT2D eigenvalue weighted by Gasteiger charge is 2.31. The van der Waals surface area contributed by atoms with Crippen LogP contribution in [0.15, 0.2) is 18.2 Å². The fourth-order valence-electron chi connectivity index (χ4n) is 3.08. The minimum absolute atomic E-state index is 0. The Bertz CT molecular complexity index is 494. The van der Waals surface area contributed by atoms with Crippen molar-refractivity contribution in [1.82, 2.24) is 5.32 Å². The number of carbonyl (C=O) groups is 1. The molecule has 1 amide bonds. The van der Waals surface area contributed by atoms with Crippen molar-refractivity contribution in [2.75, 3.05) is 13.2 Å². The lowest BCUT2D eigenvalue weighted by Gasteiger charge is -2.18. The highest BCUT2D eigenvalue weighted by Crippen LogP contribution is 2.31. The predicted molar refractivity (Wildman–Crippen MR) is 91.3 cm³/mol. The van der Waals surface area contributed by atoms with Gasteiger partial charge in [0.2, 0.25) is 5.91 Å². The molecule has 2 atom stereocenters. The van der Waals surface area contributed by atoms with Crippen LogP contribution in [0.25, 0.3) is 0 Å². The summed E-state index contributed by atoms with van der Waals surface area (Å²) in [5, 5.41) is 3.05. The molecule has 0 aliphatic heterocycles. The van der Waals surface area contributed by atoms with E-state index in [-0.39, 0.29) is 24.2 Å². The van der Waals surface area contributed by atoms with Crippen LogP contribution in [0.2, 0.25) is 0 Å². The quantitative estimate of drug-likeness (QED) is 0.845. The Morgan fingerprint density at radius 2 is 2.18 bits per heavy atom. The number of ether oxygens (including phenoxy) is 1. The van der Waals surface area contributed by atoms with Crippen molar-refractivity contribution in [3.63, 3.8) is 0 Å². The molecule has 3 N–H and O–H groups in total. The van der Waals surface area contributed by atoms with Gasteiger partial charge in [0.15, 0.2) is 0 Å². The lowest BCUT2D eigenvalue weighted by Crippen LogP contribution is -2.34. The molecular formula is C17H27ClN2O2. The minimum atomic E-state index is 0. The molecule has 0 spiro atoms. The van der Waals surface area contributed by atoms with E-state index in [4.69, 9.17) is 10.5 Å². The van der Waals surface area contributed by atoms with Crippen LogP contribution in [0, 0.1) is 18.8 Å². The third kappa shape index (κ3) is 4.62. The van der Waals surface area contributed by atoms with Crippen LogP contribution < -0.4 is 15.8 Å². The van der Waals surface area contributed by atoms with Crippen molar-refractivity contribution in [1.29, 1.82) is 0 Å². The Morgan fingerprint density at radius 1 is 1.41 bits per heavy atom. The summed E-state index contributed by atoms with van der Waals surface area (Å²) < 4.78 is 5.65. The maximum absolute atomic E-state index is 12.3. The molecule has 4 nitrogen and oxygen atoms in total. The number of amides is 1. The number of benzene rings is 1. The van der Waals surface area contributed by atoms with Crippen molar-refractivity contribution < 1.29 is 9.53 Å². The van der Waals surface area contributed by atoms with Crippen LogP contribution in [0.5, 0.6) is 5.75 Å². The first-order valence-corrected chi connectivity index (χ1v) is 7.85. The number of nitrogens with two attached hydrogens (primary N) is 1. The molecule has 5 heteroatoms. The fourth-order valence-corrected chi connectivity index (χ4v) is 3.08. The number of carbonyl (C=O) groups excluding carboxylic acids is 1. The van der Waals surface area contributed by atoms with Crippen LogP contribution in [0.4, 0.5) is 0 Å². The van der Waals surface area contributed by atoms with E-state index >= 15 is 0 Å². The minimum Gasteiger partial charge on any atom is -0.494 e. The summed E-state index contributed by atoms with van der Waals surface area (Å²) in [5.74, 6) is 1.41. The highest BCUT2D eigenvalue weighted by molar-refractivity contribution is 5.85. The number of hydrogen-bond donors (Lipinski definition) is 2. The lowest BCUT2D eigenvalue weighted by atomic mass is 9.95. The standard InChI is InChI=1S/C17H26N2O2.ClH/c1-3-21-16-9-12(2)7-8-14(16)11-19-17(20)15-6-4-5-13(15)10-18;/h7-9,13,15H,3-6,10-11,18H2,1-2H3,(H,19,20);1H/t13-,15-;/m1./s1. The molecule has 2 rings (SSSR count). The van der Waals surface area contributed by atoms with Gasteiger partial charge in [-0.2, -0.15) is 0 Å². The fraction of sp³-hybridized carbons (Fsp3) is 0.588. The summed E-state index contributed by atoms with van der Waals surface area (Å²) in [7, 11) is 0. The molecule has 0 bridgehead atoms. The molecule has 0 saturated heterocycles. The van der Waals surface area contributed by atoms with E-state index in [9.17, 15) is 4.79 Å². The number of hydrogen-bond acceptors (Lipinski definition) is 3. The predicted octanol–water partition coefficient (Wildman–Crippen LogP) is 2.81. The summed E-state index contributed by atoms with van der Waals surface area (Å²) in [4.78, 5) is 12.3. The molecule has 1 aromatic rings. The Labute approximate surface area is 139 Å². The van der Waals surface area contributed by atoms with Crippen LogP contribution in [0.3, 0.4) is 0 Å². The molecule has 0 aromatic heterocycles. The monoisotopic (exact) mass is 326 g/mol. The van der Waals surface area contributed by atoms with Gasteiger partial charge in [0.1, 0.15) is 5.75 Å². The molecule has 1 aromatic carbocycles. The van der Waals surface area contributed by atoms with Gasteiger partial charge in [-0.05, 0) is 50.8 Å². The lowest BCUT2D eigenvalue weighted by molar-refractivity contribution is -0.126. The Morgan fingerprint density at radius 3 is 2.86 bits per heavy atom. The third-order valence-electron chi connectivity index (χ3n) is 4.27. The molecule has 1 fully saturated rings. The zero-order valence-electron chi connectivity index (χ0n) is 13.4. The number of rotatable bonds is 6. The van der Waals surface area contributed by atoms with Gasteiger partial charge in [0, 0.05) is 18.0 Å². The summed E-state index contributed by atoms with van der Waals surface area (Å²) in [6.45, 7) is 5.75. The molecule has 1 aliphatic carbocycles. The first-order chi connectivity index (χ1) is 10.2. The van der Waals surface area contributed by atoms with Gasteiger partial charge in [0.25, 0.3) is 0 Å².